The lowest BCUT2D eigenvalue weighted by Crippen LogP contribution is -2.47. The van der Waals surface area contributed by atoms with Gasteiger partial charge in [0, 0.05) is 30.4 Å². The van der Waals surface area contributed by atoms with Gasteiger partial charge in [-0.1, -0.05) is 12.1 Å². The Morgan fingerprint density at radius 1 is 1.22 bits per heavy atom. The molecule has 1 aliphatic carbocycles. The second-order valence-corrected chi connectivity index (χ2v) is 7.43. The first-order valence-corrected chi connectivity index (χ1v) is 8.65. The molecule has 4 rings (SSSR count). The summed E-state index contributed by atoms with van der Waals surface area (Å²) < 4.78 is 0. The van der Waals surface area contributed by atoms with Crippen molar-refractivity contribution in [3.05, 3.63) is 29.8 Å². The smallest absolute Gasteiger partial charge is 0.324 e. The van der Waals surface area contributed by atoms with Gasteiger partial charge in [-0.2, -0.15) is 0 Å². The van der Waals surface area contributed by atoms with Gasteiger partial charge in [0.1, 0.15) is 0 Å². The molecule has 2 atom stereocenters. The fourth-order valence-electron chi connectivity index (χ4n) is 4.44. The molecule has 3 fully saturated rings. The van der Waals surface area contributed by atoms with E-state index >= 15 is 0 Å². The Balaban J connectivity index is 1.56. The molecule has 1 saturated carbocycles. The molecule has 3 aliphatic rings. The van der Waals surface area contributed by atoms with Crippen molar-refractivity contribution in [2.45, 2.75) is 43.3 Å². The Morgan fingerprint density at radius 2 is 1.91 bits per heavy atom. The molecule has 0 aromatic heterocycles. The largest absolute Gasteiger partial charge is 0.326 e. The third-order valence-corrected chi connectivity index (χ3v) is 6.20. The SMILES string of the molecule is CN(C)C1(c2ccc(N3C[C@@H]4[C@H](N)CCN4C3=O)cc2)CCC1. The van der Waals surface area contributed by atoms with Crippen LogP contribution in [-0.4, -0.2) is 55.1 Å². The Morgan fingerprint density at radius 3 is 2.43 bits per heavy atom. The summed E-state index contributed by atoms with van der Waals surface area (Å²) in [6.45, 7) is 1.52. The number of amides is 2. The molecule has 2 amide bonds. The molecule has 5 heteroatoms. The monoisotopic (exact) mass is 314 g/mol. The molecular formula is C18H26N4O. The number of nitrogens with zero attached hydrogens (tertiary/aromatic N) is 3. The van der Waals surface area contributed by atoms with E-state index in [0.717, 1.165) is 25.2 Å². The van der Waals surface area contributed by atoms with Crippen LogP contribution in [0.3, 0.4) is 0 Å². The van der Waals surface area contributed by atoms with E-state index in [1.54, 1.807) is 0 Å². The lowest BCUT2D eigenvalue weighted by molar-refractivity contribution is 0.0577. The van der Waals surface area contributed by atoms with E-state index in [-0.39, 0.29) is 23.7 Å². The van der Waals surface area contributed by atoms with Crippen LogP contribution in [0, 0.1) is 0 Å². The van der Waals surface area contributed by atoms with E-state index in [1.165, 1.54) is 24.8 Å². The first-order chi connectivity index (χ1) is 11.0. The number of fused-ring (bicyclic) bond motifs is 1. The lowest BCUT2D eigenvalue weighted by atomic mass is 9.71. The second kappa shape index (κ2) is 5.21. The van der Waals surface area contributed by atoms with Crippen LogP contribution >= 0.6 is 0 Å². The Hall–Kier alpha value is -1.59. The zero-order chi connectivity index (χ0) is 16.2. The average Bonchev–Trinajstić information content (AvgIpc) is 3.00. The third-order valence-electron chi connectivity index (χ3n) is 6.20. The number of hydrogen-bond acceptors (Lipinski definition) is 3. The maximum atomic E-state index is 12.6. The zero-order valence-electron chi connectivity index (χ0n) is 14.0. The van der Waals surface area contributed by atoms with Gasteiger partial charge < -0.3 is 10.6 Å². The Bertz CT molecular complexity index is 608. The maximum absolute atomic E-state index is 12.6. The van der Waals surface area contributed by atoms with Crippen molar-refractivity contribution in [1.29, 1.82) is 0 Å². The van der Waals surface area contributed by atoms with Crippen LogP contribution in [0.1, 0.15) is 31.2 Å². The number of carbonyl (C=O) groups is 1. The van der Waals surface area contributed by atoms with Crippen LogP contribution < -0.4 is 10.6 Å². The van der Waals surface area contributed by atoms with Gasteiger partial charge in [0.2, 0.25) is 0 Å². The minimum atomic E-state index is 0.113. The van der Waals surface area contributed by atoms with E-state index in [9.17, 15) is 4.79 Å². The van der Waals surface area contributed by atoms with Crippen molar-refractivity contribution in [1.82, 2.24) is 9.80 Å². The third kappa shape index (κ3) is 2.10. The lowest BCUT2D eigenvalue weighted by Gasteiger charge is -2.48. The molecule has 23 heavy (non-hydrogen) atoms. The van der Waals surface area contributed by atoms with E-state index in [2.05, 4.69) is 43.3 Å². The summed E-state index contributed by atoms with van der Waals surface area (Å²) in [4.78, 5) is 18.7. The number of hydrogen-bond donors (Lipinski definition) is 1. The molecule has 2 saturated heterocycles. The highest BCUT2D eigenvalue weighted by molar-refractivity contribution is 5.95. The molecule has 1 aromatic carbocycles. The number of benzene rings is 1. The average molecular weight is 314 g/mol. The van der Waals surface area contributed by atoms with Crippen LogP contribution in [0.4, 0.5) is 10.5 Å². The molecule has 1 aromatic rings. The number of anilines is 1. The van der Waals surface area contributed by atoms with Gasteiger partial charge in [0.05, 0.1) is 6.04 Å². The van der Waals surface area contributed by atoms with E-state index in [4.69, 9.17) is 5.73 Å². The summed E-state index contributed by atoms with van der Waals surface area (Å²) in [5.74, 6) is 0. The molecule has 2 heterocycles. The molecule has 2 aliphatic heterocycles. The first kappa shape index (κ1) is 15.0. The van der Waals surface area contributed by atoms with Gasteiger partial charge in [0.25, 0.3) is 0 Å². The molecule has 5 nitrogen and oxygen atoms in total. The van der Waals surface area contributed by atoms with Crippen molar-refractivity contribution in [3.8, 4) is 0 Å². The normalized spacial score (nSPS) is 29.1. The highest BCUT2D eigenvalue weighted by Gasteiger charge is 2.45. The number of carbonyl (C=O) groups excluding carboxylic acids is 1. The molecule has 2 N–H and O–H groups in total. The van der Waals surface area contributed by atoms with Crippen LogP contribution in [0.2, 0.25) is 0 Å². The summed E-state index contributed by atoms with van der Waals surface area (Å²) in [6, 6.07) is 9.02. The molecule has 0 spiro atoms. The van der Waals surface area contributed by atoms with Crippen LogP contribution in [0.5, 0.6) is 0 Å². The van der Waals surface area contributed by atoms with E-state index < -0.39 is 0 Å². The van der Waals surface area contributed by atoms with Crippen molar-refractivity contribution >= 4 is 11.7 Å². The van der Waals surface area contributed by atoms with Gasteiger partial charge >= 0.3 is 6.03 Å². The second-order valence-electron chi connectivity index (χ2n) is 7.43. The summed E-state index contributed by atoms with van der Waals surface area (Å²) in [5, 5.41) is 0. The fourth-order valence-corrected chi connectivity index (χ4v) is 4.44. The minimum absolute atomic E-state index is 0.113. The summed E-state index contributed by atoms with van der Waals surface area (Å²) >= 11 is 0. The van der Waals surface area contributed by atoms with Crippen molar-refractivity contribution < 1.29 is 4.79 Å². The summed E-state index contributed by atoms with van der Waals surface area (Å²) in [5.41, 5.74) is 8.68. The number of nitrogens with two attached hydrogens (primary N) is 1. The molecule has 124 valence electrons. The standard InChI is InChI=1S/C18H26N4O/c1-20(2)18(9-3-10-18)13-4-6-14(7-5-13)22-12-16-15(19)8-11-21(16)17(22)23/h4-7,15-16H,3,8-12,19H2,1-2H3/t15-,16-/m1/s1. The topological polar surface area (TPSA) is 52.8 Å². The Labute approximate surface area is 138 Å². The predicted molar refractivity (Wildman–Crippen MR) is 91.5 cm³/mol. The number of urea groups is 1. The van der Waals surface area contributed by atoms with Crippen LogP contribution in [-0.2, 0) is 5.54 Å². The Kier molecular flexibility index (Phi) is 3.39. The maximum Gasteiger partial charge on any atom is 0.324 e. The molecule has 0 radical (unpaired) electrons. The fraction of sp³-hybridized carbons (Fsp3) is 0.611. The van der Waals surface area contributed by atoms with Crippen molar-refractivity contribution in [2.24, 2.45) is 5.73 Å². The molecule has 0 unspecified atom stereocenters. The number of rotatable bonds is 3. The summed E-state index contributed by atoms with van der Waals surface area (Å²) in [7, 11) is 4.32. The van der Waals surface area contributed by atoms with Crippen molar-refractivity contribution in [3.63, 3.8) is 0 Å². The van der Waals surface area contributed by atoms with E-state index in [0.29, 0.717) is 0 Å². The van der Waals surface area contributed by atoms with Gasteiger partial charge in [-0.3, -0.25) is 9.80 Å². The van der Waals surface area contributed by atoms with Crippen molar-refractivity contribution in [2.75, 3.05) is 32.1 Å². The molecular weight excluding hydrogens is 288 g/mol. The highest BCUT2D eigenvalue weighted by atomic mass is 16.2. The zero-order valence-corrected chi connectivity index (χ0v) is 14.0. The van der Waals surface area contributed by atoms with Crippen LogP contribution in [0.25, 0.3) is 0 Å². The van der Waals surface area contributed by atoms with E-state index in [1.807, 2.05) is 9.80 Å². The molecule has 0 bridgehead atoms. The van der Waals surface area contributed by atoms with Gasteiger partial charge in [0.15, 0.2) is 0 Å². The quantitative estimate of drug-likeness (QED) is 0.928. The predicted octanol–water partition coefficient (Wildman–Crippen LogP) is 1.97. The van der Waals surface area contributed by atoms with Gasteiger partial charge in [-0.15, -0.1) is 0 Å². The first-order valence-electron chi connectivity index (χ1n) is 8.65. The minimum Gasteiger partial charge on any atom is -0.326 e. The summed E-state index contributed by atoms with van der Waals surface area (Å²) in [6.07, 6.45) is 4.65. The van der Waals surface area contributed by atoms with Gasteiger partial charge in [-0.25, -0.2) is 4.79 Å². The van der Waals surface area contributed by atoms with Gasteiger partial charge in [-0.05, 0) is 57.5 Å². The van der Waals surface area contributed by atoms with Crippen LogP contribution in [0.15, 0.2) is 24.3 Å². The highest BCUT2D eigenvalue weighted by Crippen LogP contribution is 2.45.